The summed E-state index contributed by atoms with van der Waals surface area (Å²) in [6.07, 6.45) is 1.88. The number of hydrogen-bond acceptors (Lipinski definition) is 4. The fraction of sp³-hybridized carbons (Fsp3) is 0.632. The van der Waals surface area contributed by atoms with E-state index in [4.69, 9.17) is 9.47 Å². The SMILES string of the molecule is CN(CC1CCN(Cc2ccccc2)CC1)C(=O)C1COCCO1. The monoisotopic (exact) mass is 332 g/mol. The molecular formula is C19H28N2O3. The number of ether oxygens (including phenoxy) is 2. The maximum absolute atomic E-state index is 12.4. The van der Waals surface area contributed by atoms with Crippen molar-refractivity contribution >= 4 is 5.91 Å². The van der Waals surface area contributed by atoms with Crippen molar-refractivity contribution in [2.45, 2.75) is 25.5 Å². The molecule has 1 atom stereocenters. The average Bonchev–Trinajstić information content (AvgIpc) is 2.64. The van der Waals surface area contributed by atoms with Crippen LogP contribution in [0.5, 0.6) is 0 Å². The fourth-order valence-electron chi connectivity index (χ4n) is 3.52. The van der Waals surface area contributed by atoms with Gasteiger partial charge in [-0.3, -0.25) is 9.69 Å². The Morgan fingerprint density at radius 1 is 1.21 bits per heavy atom. The smallest absolute Gasteiger partial charge is 0.253 e. The van der Waals surface area contributed by atoms with Gasteiger partial charge in [-0.25, -0.2) is 0 Å². The van der Waals surface area contributed by atoms with Crippen LogP contribution >= 0.6 is 0 Å². The van der Waals surface area contributed by atoms with Crippen LogP contribution in [-0.2, 0) is 20.8 Å². The first kappa shape index (κ1) is 17.4. The Kier molecular flexibility index (Phi) is 6.24. The van der Waals surface area contributed by atoms with Gasteiger partial charge in [-0.1, -0.05) is 30.3 Å². The van der Waals surface area contributed by atoms with Crippen molar-refractivity contribution in [1.82, 2.24) is 9.80 Å². The van der Waals surface area contributed by atoms with Crippen LogP contribution in [-0.4, -0.2) is 68.3 Å². The molecule has 2 heterocycles. The molecular weight excluding hydrogens is 304 g/mol. The van der Waals surface area contributed by atoms with Gasteiger partial charge in [0.05, 0.1) is 19.8 Å². The summed E-state index contributed by atoms with van der Waals surface area (Å²) in [6, 6.07) is 10.6. The van der Waals surface area contributed by atoms with Crippen molar-refractivity contribution in [2.75, 3.05) is 46.5 Å². The number of hydrogen-bond donors (Lipinski definition) is 0. The molecule has 0 saturated carbocycles. The predicted molar refractivity (Wildman–Crippen MR) is 92.6 cm³/mol. The lowest BCUT2D eigenvalue weighted by Gasteiger charge is -2.35. The second kappa shape index (κ2) is 8.60. The Bertz CT molecular complexity index is 509. The van der Waals surface area contributed by atoms with Crippen molar-refractivity contribution in [1.29, 1.82) is 0 Å². The Morgan fingerprint density at radius 2 is 1.96 bits per heavy atom. The molecule has 3 rings (SSSR count). The number of likely N-dealkylation sites (N-methyl/N-ethyl adjacent to an activating group) is 1. The highest BCUT2D eigenvalue weighted by Crippen LogP contribution is 2.20. The third kappa shape index (κ3) is 4.79. The van der Waals surface area contributed by atoms with Gasteiger partial charge in [0.15, 0.2) is 6.10 Å². The van der Waals surface area contributed by atoms with E-state index in [1.54, 1.807) is 0 Å². The quantitative estimate of drug-likeness (QED) is 0.824. The molecule has 1 aromatic rings. The first-order valence-electron chi connectivity index (χ1n) is 8.93. The zero-order valence-corrected chi connectivity index (χ0v) is 14.5. The largest absolute Gasteiger partial charge is 0.376 e. The molecule has 132 valence electrons. The number of benzene rings is 1. The Hall–Kier alpha value is -1.43. The van der Waals surface area contributed by atoms with Gasteiger partial charge in [-0.15, -0.1) is 0 Å². The summed E-state index contributed by atoms with van der Waals surface area (Å²) in [6.45, 7) is 5.54. The molecule has 2 saturated heterocycles. The Morgan fingerprint density at radius 3 is 2.62 bits per heavy atom. The standard InChI is InChI=1S/C19H28N2O3/c1-20(19(22)18-15-23-11-12-24-18)13-17-7-9-21(10-8-17)14-16-5-3-2-4-6-16/h2-6,17-18H,7-15H2,1H3. The number of likely N-dealkylation sites (tertiary alicyclic amines) is 1. The van der Waals surface area contributed by atoms with Crippen LogP contribution in [0.15, 0.2) is 30.3 Å². The van der Waals surface area contributed by atoms with Gasteiger partial charge in [-0.05, 0) is 37.4 Å². The van der Waals surface area contributed by atoms with Crippen LogP contribution in [0.1, 0.15) is 18.4 Å². The maximum atomic E-state index is 12.4. The average molecular weight is 332 g/mol. The first-order valence-corrected chi connectivity index (χ1v) is 8.93. The van der Waals surface area contributed by atoms with Crippen molar-refractivity contribution in [3.8, 4) is 0 Å². The number of rotatable bonds is 5. The van der Waals surface area contributed by atoms with Gasteiger partial charge in [0.25, 0.3) is 5.91 Å². The van der Waals surface area contributed by atoms with Crippen LogP contribution in [0.3, 0.4) is 0 Å². The van der Waals surface area contributed by atoms with E-state index in [2.05, 4.69) is 35.2 Å². The molecule has 24 heavy (non-hydrogen) atoms. The molecule has 0 N–H and O–H groups in total. The summed E-state index contributed by atoms with van der Waals surface area (Å²) in [5, 5.41) is 0. The number of carbonyl (C=O) groups is 1. The predicted octanol–water partition coefficient (Wildman–Crippen LogP) is 1.77. The van der Waals surface area contributed by atoms with Crippen molar-refractivity contribution < 1.29 is 14.3 Å². The van der Waals surface area contributed by atoms with E-state index in [0.717, 1.165) is 39.0 Å². The molecule has 0 spiro atoms. The molecule has 5 nitrogen and oxygen atoms in total. The third-order valence-electron chi connectivity index (χ3n) is 4.96. The zero-order chi connectivity index (χ0) is 16.8. The molecule has 1 unspecified atom stereocenters. The fourth-order valence-corrected chi connectivity index (χ4v) is 3.52. The zero-order valence-electron chi connectivity index (χ0n) is 14.5. The van der Waals surface area contributed by atoms with Gasteiger partial charge in [0, 0.05) is 20.1 Å². The number of nitrogens with zero attached hydrogens (tertiary/aromatic N) is 2. The summed E-state index contributed by atoms with van der Waals surface area (Å²) in [7, 11) is 1.89. The Labute approximate surface area is 144 Å². The van der Waals surface area contributed by atoms with Gasteiger partial charge >= 0.3 is 0 Å². The van der Waals surface area contributed by atoms with Crippen LogP contribution in [0.2, 0.25) is 0 Å². The minimum absolute atomic E-state index is 0.0569. The van der Waals surface area contributed by atoms with E-state index in [1.807, 2.05) is 11.9 Å². The molecule has 0 bridgehead atoms. The van der Waals surface area contributed by atoms with Crippen LogP contribution < -0.4 is 0 Å². The summed E-state index contributed by atoms with van der Waals surface area (Å²) < 4.78 is 10.8. The van der Waals surface area contributed by atoms with Crippen molar-refractivity contribution in [2.24, 2.45) is 5.92 Å². The lowest BCUT2D eigenvalue weighted by Crippen LogP contribution is -2.46. The second-order valence-electron chi connectivity index (χ2n) is 6.86. The minimum Gasteiger partial charge on any atom is -0.376 e. The van der Waals surface area contributed by atoms with E-state index >= 15 is 0 Å². The number of piperidine rings is 1. The summed E-state index contributed by atoms with van der Waals surface area (Å²) >= 11 is 0. The van der Waals surface area contributed by atoms with Crippen LogP contribution in [0.25, 0.3) is 0 Å². The van der Waals surface area contributed by atoms with Crippen molar-refractivity contribution in [3.05, 3.63) is 35.9 Å². The molecule has 0 radical (unpaired) electrons. The summed E-state index contributed by atoms with van der Waals surface area (Å²) in [5.74, 6) is 0.636. The van der Waals surface area contributed by atoms with Gasteiger partial charge in [-0.2, -0.15) is 0 Å². The van der Waals surface area contributed by atoms with E-state index in [-0.39, 0.29) is 5.91 Å². The molecule has 0 aliphatic carbocycles. The Balaban J connectivity index is 1.40. The van der Waals surface area contributed by atoms with Gasteiger partial charge in [0.2, 0.25) is 0 Å². The highest BCUT2D eigenvalue weighted by atomic mass is 16.6. The molecule has 0 aromatic heterocycles. The van der Waals surface area contributed by atoms with E-state index in [0.29, 0.717) is 25.7 Å². The second-order valence-corrected chi connectivity index (χ2v) is 6.86. The lowest BCUT2D eigenvalue weighted by atomic mass is 9.95. The maximum Gasteiger partial charge on any atom is 0.253 e. The molecule has 2 fully saturated rings. The van der Waals surface area contributed by atoms with E-state index in [9.17, 15) is 4.79 Å². The van der Waals surface area contributed by atoms with Crippen molar-refractivity contribution in [3.63, 3.8) is 0 Å². The highest BCUT2D eigenvalue weighted by Gasteiger charge is 2.28. The van der Waals surface area contributed by atoms with Crippen LogP contribution in [0, 0.1) is 5.92 Å². The number of carbonyl (C=O) groups excluding carboxylic acids is 1. The molecule has 1 aromatic carbocycles. The molecule has 2 aliphatic heterocycles. The molecule has 2 aliphatic rings. The van der Waals surface area contributed by atoms with E-state index < -0.39 is 6.10 Å². The normalized spacial score (nSPS) is 23.1. The lowest BCUT2D eigenvalue weighted by molar-refractivity contribution is -0.157. The minimum atomic E-state index is -0.415. The van der Waals surface area contributed by atoms with Gasteiger partial charge < -0.3 is 14.4 Å². The van der Waals surface area contributed by atoms with E-state index in [1.165, 1.54) is 5.56 Å². The highest BCUT2D eigenvalue weighted by molar-refractivity contribution is 5.80. The van der Waals surface area contributed by atoms with Gasteiger partial charge in [0.1, 0.15) is 0 Å². The number of amides is 1. The summed E-state index contributed by atoms with van der Waals surface area (Å²) in [4.78, 5) is 16.7. The van der Waals surface area contributed by atoms with Crippen LogP contribution in [0.4, 0.5) is 0 Å². The first-order chi connectivity index (χ1) is 11.7. The molecule has 5 heteroatoms. The third-order valence-corrected chi connectivity index (χ3v) is 4.96. The topological polar surface area (TPSA) is 42.0 Å². The summed E-state index contributed by atoms with van der Waals surface area (Å²) in [5.41, 5.74) is 1.37. The molecule has 1 amide bonds.